The Balaban J connectivity index is 1.44. The molecule has 3 heterocycles. The number of ether oxygens (including phenoxy) is 1. The van der Waals surface area contributed by atoms with Crippen molar-refractivity contribution >= 4 is 17.3 Å². The Hall–Kier alpha value is -1.72. The fraction of sp³-hybridized carbons (Fsp3) is 0.474. The van der Waals surface area contributed by atoms with E-state index >= 15 is 0 Å². The Kier molecular flexibility index (Phi) is 4.37. The number of hydrogen-bond donors (Lipinski definition) is 0. The molecule has 126 valence electrons. The van der Waals surface area contributed by atoms with Crippen molar-refractivity contribution in [3.63, 3.8) is 0 Å². The lowest BCUT2D eigenvalue weighted by atomic mass is 10.00. The second-order valence-electron chi connectivity index (χ2n) is 6.72. The van der Waals surface area contributed by atoms with Gasteiger partial charge in [0.1, 0.15) is 6.10 Å². The van der Waals surface area contributed by atoms with E-state index in [-0.39, 0.29) is 12.1 Å². The van der Waals surface area contributed by atoms with Crippen LogP contribution in [-0.4, -0.2) is 41.1 Å². The summed E-state index contributed by atoms with van der Waals surface area (Å²) in [6, 6.07) is 8.22. The summed E-state index contributed by atoms with van der Waals surface area (Å²) < 4.78 is 5.80. The number of aromatic nitrogens is 1. The highest BCUT2D eigenvalue weighted by molar-refractivity contribution is 7.09. The van der Waals surface area contributed by atoms with Gasteiger partial charge in [-0.3, -0.25) is 0 Å². The zero-order valence-corrected chi connectivity index (χ0v) is 14.7. The van der Waals surface area contributed by atoms with E-state index in [1.165, 1.54) is 19.4 Å². The highest BCUT2D eigenvalue weighted by atomic mass is 32.1. The lowest BCUT2D eigenvalue weighted by Gasteiger charge is -2.34. The molecule has 2 aromatic rings. The van der Waals surface area contributed by atoms with Crippen molar-refractivity contribution in [2.45, 2.75) is 44.8 Å². The summed E-state index contributed by atoms with van der Waals surface area (Å²) in [6.07, 6.45) is 4.51. The van der Waals surface area contributed by atoms with Gasteiger partial charge in [-0.05, 0) is 51.3 Å². The Morgan fingerprint density at radius 3 is 3.08 bits per heavy atom. The summed E-state index contributed by atoms with van der Waals surface area (Å²) in [5.41, 5.74) is 2.51. The van der Waals surface area contributed by atoms with E-state index in [0.29, 0.717) is 11.6 Å². The van der Waals surface area contributed by atoms with E-state index in [1.807, 2.05) is 36.6 Å². The van der Waals surface area contributed by atoms with Crippen LogP contribution in [0.25, 0.3) is 11.3 Å². The number of fused-ring (bicyclic) bond motifs is 1. The third kappa shape index (κ3) is 3.23. The predicted molar refractivity (Wildman–Crippen MR) is 95.3 cm³/mol. The number of benzene rings is 1. The molecule has 1 aromatic carbocycles. The molecular formula is C19H22N2O2S. The van der Waals surface area contributed by atoms with Gasteiger partial charge in [0.15, 0.2) is 0 Å². The SMILES string of the molecule is Cc1nc(-c2cccc(C(=O)OC3CCN4CCCC4C3)c2)cs1. The first-order valence-electron chi connectivity index (χ1n) is 8.66. The summed E-state index contributed by atoms with van der Waals surface area (Å²) in [5.74, 6) is -0.208. The van der Waals surface area contributed by atoms with Crippen LogP contribution in [0.3, 0.4) is 0 Å². The summed E-state index contributed by atoms with van der Waals surface area (Å²) in [6.45, 7) is 4.25. The van der Waals surface area contributed by atoms with Crippen LogP contribution >= 0.6 is 11.3 Å². The minimum Gasteiger partial charge on any atom is -0.459 e. The van der Waals surface area contributed by atoms with Gasteiger partial charge < -0.3 is 9.64 Å². The van der Waals surface area contributed by atoms with Crippen molar-refractivity contribution in [2.24, 2.45) is 0 Å². The van der Waals surface area contributed by atoms with Crippen molar-refractivity contribution in [2.75, 3.05) is 13.1 Å². The zero-order valence-electron chi connectivity index (χ0n) is 13.9. The monoisotopic (exact) mass is 342 g/mol. The topological polar surface area (TPSA) is 42.4 Å². The fourth-order valence-electron chi connectivity index (χ4n) is 3.82. The molecule has 0 saturated carbocycles. The lowest BCUT2D eigenvalue weighted by molar-refractivity contribution is 0.00422. The van der Waals surface area contributed by atoms with Crippen LogP contribution in [0.2, 0.25) is 0 Å². The van der Waals surface area contributed by atoms with Gasteiger partial charge in [-0.2, -0.15) is 0 Å². The number of piperidine rings is 1. The first-order chi connectivity index (χ1) is 11.7. The van der Waals surface area contributed by atoms with Gasteiger partial charge in [-0.1, -0.05) is 12.1 Å². The Labute approximate surface area is 146 Å². The molecular weight excluding hydrogens is 320 g/mol. The molecule has 1 aromatic heterocycles. The molecule has 2 atom stereocenters. The second-order valence-corrected chi connectivity index (χ2v) is 7.78. The van der Waals surface area contributed by atoms with Gasteiger partial charge in [0.05, 0.1) is 16.3 Å². The molecule has 0 radical (unpaired) electrons. The van der Waals surface area contributed by atoms with E-state index in [2.05, 4.69) is 9.88 Å². The van der Waals surface area contributed by atoms with E-state index in [0.717, 1.165) is 35.7 Å². The number of esters is 1. The van der Waals surface area contributed by atoms with E-state index < -0.39 is 0 Å². The summed E-state index contributed by atoms with van der Waals surface area (Å²) in [4.78, 5) is 19.6. The molecule has 2 aliphatic rings. The standard InChI is InChI=1S/C19H22N2O2S/c1-13-20-18(12-24-13)14-4-2-5-15(10-14)19(22)23-17-7-9-21-8-3-6-16(21)11-17/h2,4-5,10,12,16-17H,3,6-9,11H2,1H3. The fourth-order valence-corrected chi connectivity index (χ4v) is 4.44. The first-order valence-corrected chi connectivity index (χ1v) is 9.54. The molecule has 4 nitrogen and oxygen atoms in total. The molecule has 4 rings (SSSR count). The maximum absolute atomic E-state index is 12.5. The van der Waals surface area contributed by atoms with Crippen LogP contribution in [0.4, 0.5) is 0 Å². The molecule has 24 heavy (non-hydrogen) atoms. The van der Waals surface area contributed by atoms with Gasteiger partial charge in [0.25, 0.3) is 0 Å². The van der Waals surface area contributed by atoms with Gasteiger partial charge in [0.2, 0.25) is 0 Å². The quantitative estimate of drug-likeness (QED) is 0.794. The number of rotatable bonds is 3. The molecule has 0 N–H and O–H groups in total. The maximum Gasteiger partial charge on any atom is 0.338 e. The van der Waals surface area contributed by atoms with Gasteiger partial charge in [0, 0.05) is 23.5 Å². The summed E-state index contributed by atoms with van der Waals surface area (Å²) >= 11 is 1.62. The number of hydrogen-bond acceptors (Lipinski definition) is 5. The molecule has 5 heteroatoms. The number of carbonyl (C=O) groups is 1. The van der Waals surface area contributed by atoms with Gasteiger partial charge in [-0.25, -0.2) is 9.78 Å². The number of carbonyl (C=O) groups excluding carboxylic acids is 1. The molecule has 0 aliphatic carbocycles. The highest BCUT2D eigenvalue weighted by Crippen LogP contribution is 2.29. The average molecular weight is 342 g/mol. The van der Waals surface area contributed by atoms with E-state index in [1.54, 1.807) is 11.3 Å². The van der Waals surface area contributed by atoms with E-state index in [9.17, 15) is 4.79 Å². The Bertz CT molecular complexity index is 742. The normalized spacial score (nSPS) is 23.9. The molecule has 2 fully saturated rings. The molecule has 0 spiro atoms. The molecule has 2 aliphatic heterocycles. The first kappa shape index (κ1) is 15.8. The highest BCUT2D eigenvalue weighted by Gasteiger charge is 2.33. The van der Waals surface area contributed by atoms with Crippen molar-refractivity contribution in [3.05, 3.63) is 40.2 Å². The van der Waals surface area contributed by atoms with Crippen LogP contribution in [0.5, 0.6) is 0 Å². The maximum atomic E-state index is 12.5. The van der Waals surface area contributed by atoms with Crippen molar-refractivity contribution < 1.29 is 9.53 Å². The summed E-state index contributed by atoms with van der Waals surface area (Å²) in [7, 11) is 0. The van der Waals surface area contributed by atoms with Crippen molar-refractivity contribution in [1.29, 1.82) is 0 Å². The average Bonchev–Trinajstić information content (AvgIpc) is 3.23. The number of aryl methyl sites for hydroxylation is 1. The minimum absolute atomic E-state index is 0.0574. The smallest absolute Gasteiger partial charge is 0.338 e. The predicted octanol–water partition coefficient (Wildman–Crippen LogP) is 3.90. The van der Waals surface area contributed by atoms with E-state index in [4.69, 9.17) is 4.74 Å². The largest absolute Gasteiger partial charge is 0.459 e. The third-order valence-electron chi connectivity index (χ3n) is 5.06. The lowest BCUT2D eigenvalue weighted by Crippen LogP contribution is -2.41. The zero-order chi connectivity index (χ0) is 16.5. The molecule has 0 bridgehead atoms. The van der Waals surface area contributed by atoms with Crippen LogP contribution in [0.15, 0.2) is 29.6 Å². The molecule has 2 unspecified atom stereocenters. The Morgan fingerprint density at radius 2 is 2.25 bits per heavy atom. The number of thiazole rings is 1. The van der Waals surface area contributed by atoms with Gasteiger partial charge in [-0.15, -0.1) is 11.3 Å². The minimum atomic E-state index is -0.208. The van der Waals surface area contributed by atoms with Crippen LogP contribution in [0, 0.1) is 6.92 Å². The van der Waals surface area contributed by atoms with Crippen LogP contribution in [0.1, 0.15) is 41.0 Å². The summed E-state index contributed by atoms with van der Waals surface area (Å²) in [5, 5.41) is 3.05. The van der Waals surface area contributed by atoms with Gasteiger partial charge >= 0.3 is 5.97 Å². The second kappa shape index (κ2) is 6.65. The molecule has 0 amide bonds. The van der Waals surface area contributed by atoms with Crippen molar-refractivity contribution in [3.8, 4) is 11.3 Å². The van der Waals surface area contributed by atoms with Crippen LogP contribution < -0.4 is 0 Å². The van der Waals surface area contributed by atoms with Crippen molar-refractivity contribution in [1.82, 2.24) is 9.88 Å². The number of nitrogens with zero attached hydrogens (tertiary/aromatic N) is 2. The third-order valence-corrected chi connectivity index (χ3v) is 5.83. The molecule has 2 saturated heterocycles. The Morgan fingerprint density at radius 1 is 1.33 bits per heavy atom. The van der Waals surface area contributed by atoms with Crippen LogP contribution in [-0.2, 0) is 4.74 Å².